The predicted octanol–water partition coefficient (Wildman–Crippen LogP) is 0.907. The number of aromatic nitrogens is 1. The van der Waals surface area contributed by atoms with Crippen LogP contribution >= 0.6 is 0 Å². The first kappa shape index (κ1) is 8.50. The number of rotatable bonds is 1. The summed E-state index contributed by atoms with van der Waals surface area (Å²) in [4.78, 5) is 5.85. The van der Waals surface area contributed by atoms with Crippen molar-refractivity contribution >= 4 is 0 Å². The van der Waals surface area contributed by atoms with Crippen molar-refractivity contribution in [1.82, 2.24) is 15.2 Å². The van der Waals surface area contributed by atoms with E-state index < -0.39 is 0 Å². The smallest absolute Gasteiger partial charge is 0.0370 e. The maximum atomic E-state index is 3.41. The molecule has 2 aliphatic rings. The molecule has 76 valence electrons. The van der Waals surface area contributed by atoms with E-state index in [0.717, 1.165) is 13.1 Å². The van der Waals surface area contributed by atoms with Crippen molar-refractivity contribution in [3.8, 4) is 0 Å². The molecule has 1 atom stereocenters. The molecule has 1 aromatic heterocycles. The van der Waals surface area contributed by atoms with Gasteiger partial charge >= 0.3 is 0 Å². The standard InChI is InChI=1S/C11H17N3/c1-2-11(10-8-13-7-9(1)10)14-5-3-12-4-6-14/h7-8,11-13H,1-6H2. The Balaban J connectivity index is 1.80. The van der Waals surface area contributed by atoms with Crippen molar-refractivity contribution in [3.05, 3.63) is 23.5 Å². The highest BCUT2D eigenvalue weighted by molar-refractivity contribution is 5.31. The molecule has 2 heterocycles. The maximum Gasteiger partial charge on any atom is 0.0370 e. The van der Waals surface area contributed by atoms with E-state index in [2.05, 4.69) is 27.6 Å². The summed E-state index contributed by atoms with van der Waals surface area (Å²) >= 11 is 0. The number of piperazine rings is 1. The predicted molar refractivity (Wildman–Crippen MR) is 56.3 cm³/mol. The van der Waals surface area contributed by atoms with Gasteiger partial charge in [0.25, 0.3) is 0 Å². The average molecular weight is 191 g/mol. The number of aromatic amines is 1. The minimum absolute atomic E-state index is 0.693. The molecular formula is C11H17N3. The Morgan fingerprint density at radius 2 is 2.07 bits per heavy atom. The van der Waals surface area contributed by atoms with Crippen LogP contribution in [0.5, 0.6) is 0 Å². The molecule has 1 aromatic rings. The first-order valence-electron chi connectivity index (χ1n) is 5.55. The largest absolute Gasteiger partial charge is 0.367 e. The number of nitrogens with one attached hydrogen (secondary N) is 2. The van der Waals surface area contributed by atoms with Gasteiger partial charge in [0.2, 0.25) is 0 Å². The zero-order valence-electron chi connectivity index (χ0n) is 8.42. The second-order valence-corrected chi connectivity index (χ2v) is 4.28. The summed E-state index contributed by atoms with van der Waals surface area (Å²) in [6, 6.07) is 0.693. The second-order valence-electron chi connectivity index (χ2n) is 4.28. The lowest BCUT2D eigenvalue weighted by molar-refractivity contribution is 0.173. The van der Waals surface area contributed by atoms with Gasteiger partial charge in [-0.1, -0.05) is 0 Å². The normalized spacial score (nSPS) is 27.9. The molecule has 3 rings (SSSR count). The van der Waals surface area contributed by atoms with E-state index in [1.54, 1.807) is 5.56 Å². The fourth-order valence-electron chi connectivity index (χ4n) is 2.76. The van der Waals surface area contributed by atoms with Gasteiger partial charge in [0.1, 0.15) is 0 Å². The molecule has 0 bridgehead atoms. The SMILES string of the molecule is c1[nH]cc2c1CCC2N1CCNCC1. The Morgan fingerprint density at radius 3 is 2.93 bits per heavy atom. The highest BCUT2D eigenvalue weighted by atomic mass is 15.2. The molecule has 0 spiro atoms. The van der Waals surface area contributed by atoms with Crippen molar-refractivity contribution in [2.24, 2.45) is 0 Å². The molecule has 1 unspecified atom stereocenters. The Bertz CT molecular complexity index is 312. The number of hydrogen-bond donors (Lipinski definition) is 2. The van der Waals surface area contributed by atoms with Crippen LogP contribution in [0, 0.1) is 0 Å². The van der Waals surface area contributed by atoms with Crippen LogP contribution in [0.4, 0.5) is 0 Å². The third-order valence-electron chi connectivity index (χ3n) is 3.51. The van der Waals surface area contributed by atoms with Crippen LogP contribution in [0.3, 0.4) is 0 Å². The van der Waals surface area contributed by atoms with Gasteiger partial charge in [-0.2, -0.15) is 0 Å². The number of H-pyrrole nitrogens is 1. The number of fused-ring (bicyclic) bond motifs is 1. The summed E-state index contributed by atoms with van der Waals surface area (Å²) < 4.78 is 0. The van der Waals surface area contributed by atoms with Crippen molar-refractivity contribution in [2.75, 3.05) is 26.2 Å². The summed E-state index contributed by atoms with van der Waals surface area (Å²) in [6.07, 6.45) is 6.93. The van der Waals surface area contributed by atoms with Gasteiger partial charge in [-0.05, 0) is 24.0 Å². The lowest BCUT2D eigenvalue weighted by Gasteiger charge is -2.32. The molecule has 0 amide bonds. The second kappa shape index (κ2) is 3.41. The first-order chi connectivity index (χ1) is 6.95. The summed E-state index contributed by atoms with van der Waals surface area (Å²) in [5.41, 5.74) is 3.08. The van der Waals surface area contributed by atoms with Crippen LogP contribution < -0.4 is 5.32 Å². The van der Waals surface area contributed by atoms with Crippen LogP contribution in [0.15, 0.2) is 12.4 Å². The molecule has 1 fully saturated rings. The molecule has 1 saturated heterocycles. The highest BCUT2D eigenvalue weighted by Gasteiger charge is 2.28. The van der Waals surface area contributed by atoms with Gasteiger partial charge in [-0.15, -0.1) is 0 Å². The summed E-state index contributed by atoms with van der Waals surface area (Å²) in [7, 11) is 0. The van der Waals surface area contributed by atoms with Gasteiger partial charge in [-0.25, -0.2) is 0 Å². The Hall–Kier alpha value is -0.800. The van der Waals surface area contributed by atoms with Crippen LogP contribution in [-0.2, 0) is 6.42 Å². The molecule has 3 nitrogen and oxygen atoms in total. The van der Waals surface area contributed by atoms with Crippen molar-refractivity contribution in [1.29, 1.82) is 0 Å². The van der Waals surface area contributed by atoms with Gasteiger partial charge in [0.05, 0.1) is 0 Å². The maximum absolute atomic E-state index is 3.41. The quantitative estimate of drug-likeness (QED) is 0.691. The fourth-order valence-corrected chi connectivity index (χ4v) is 2.76. The Morgan fingerprint density at radius 1 is 1.21 bits per heavy atom. The molecule has 0 saturated carbocycles. The Kier molecular flexibility index (Phi) is 2.07. The van der Waals surface area contributed by atoms with E-state index in [-0.39, 0.29) is 0 Å². The van der Waals surface area contributed by atoms with Gasteiger partial charge in [0.15, 0.2) is 0 Å². The lowest BCUT2D eigenvalue weighted by Crippen LogP contribution is -2.44. The topological polar surface area (TPSA) is 31.1 Å². The minimum Gasteiger partial charge on any atom is -0.367 e. The third kappa shape index (κ3) is 1.28. The molecule has 0 radical (unpaired) electrons. The van der Waals surface area contributed by atoms with Crippen LogP contribution in [0.1, 0.15) is 23.6 Å². The molecule has 1 aliphatic heterocycles. The van der Waals surface area contributed by atoms with Crippen molar-refractivity contribution < 1.29 is 0 Å². The highest BCUT2D eigenvalue weighted by Crippen LogP contribution is 2.35. The zero-order chi connectivity index (χ0) is 9.38. The van der Waals surface area contributed by atoms with Crippen molar-refractivity contribution in [3.63, 3.8) is 0 Å². The number of hydrogen-bond acceptors (Lipinski definition) is 2. The van der Waals surface area contributed by atoms with Crippen LogP contribution in [-0.4, -0.2) is 36.1 Å². The van der Waals surface area contributed by atoms with Gasteiger partial charge in [-0.3, -0.25) is 4.90 Å². The third-order valence-corrected chi connectivity index (χ3v) is 3.51. The van der Waals surface area contributed by atoms with E-state index in [4.69, 9.17) is 0 Å². The monoisotopic (exact) mass is 191 g/mol. The summed E-state index contributed by atoms with van der Waals surface area (Å²) in [6.45, 7) is 4.71. The zero-order valence-corrected chi connectivity index (χ0v) is 8.42. The van der Waals surface area contributed by atoms with Gasteiger partial charge < -0.3 is 10.3 Å². The van der Waals surface area contributed by atoms with E-state index in [0.29, 0.717) is 6.04 Å². The molecule has 3 heteroatoms. The van der Waals surface area contributed by atoms with Crippen molar-refractivity contribution in [2.45, 2.75) is 18.9 Å². The fraction of sp³-hybridized carbons (Fsp3) is 0.636. The first-order valence-corrected chi connectivity index (χ1v) is 5.55. The van der Waals surface area contributed by atoms with E-state index in [1.807, 2.05) is 0 Å². The van der Waals surface area contributed by atoms with Crippen LogP contribution in [0.2, 0.25) is 0 Å². The van der Waals surface area contributed by atoms with E-state index in [9.17, 15) is 0 Å². The van der Waals surface area contributed by atoms with E-state index >= 15 is 0 Å². The number of aryl methyl sites for hydroxylation is 1. The summed E-state index contributed by atoms with van der Waals surface area (Å²) in [5, 5.41) is 3.41. The lowest BCUT2D eigenvalue weighted by atomic mass is 10.1. The molecule has 2 N–H and O–H groups in total. The number of nitrogens with zero attached hydrogens (tertiary/aromatic N) is 1. The minimum atomic E-state index is 0.693. The average Bonchev–Trinajstić information content (AvgIpc) is 2.79. The molecular weight excluding hydrogens is 174 g/mol. The van der Waals surface area contributed by atoms with Gasteiger partial charge in [0, 0.05) is 44.6 Å². The molecule has 14 heavy (non-hydrogen) atoms. The van der Waals surface area contributed by atoms with E-state index in [1.165, 1.54) is 31.5 Å². The molecule has 1 aliphatic carbocycles. The summed E-state index contributed by atoms with van der Waals surface area (Å²) in [5.74, 6) is 0. The Labute approximate surface area is 84.5 Å². The molecule has 0 aromatic carbocycles. The van der Waals surface area contributed by atoms with Crippen LogP contribution in [0.25, 0.3) is 0 Å².